The lowest BCUT2D eigenvalue weighted by atomic mass is 9.94. The molecule has 1 atom stereocenters. The Kier molecular flexibility index (Phi) is 10.1. The largest absolute Gasteiger partial charge is 0.484 e. The van der Waals surface area contributed by atoms with Gasteiger partial charge in [-0.1, -0.05) is 93.8 Å². The molecular formula is C33H39FN2O3. The second kappa shape index (κ2) is 13.9. The summed E-state index contributed by atoms with van der Waals surface area (Å²) >= 11 is 0. The van der Waals surface area contributed by atoms with Gasteiger partial charge in [0.15, 0.2) is 6.61 Å². The van der Waals surface area contributed by atoms with Crippen molar-refractivity contribution in [2.45, 2.75) is 76.9 Å². The molecule has 0 bridgehead atoms. The molecule has 0 aliphatic heterocycles. The molecule has 1 N–H and O–H groups in total. The zero-order valence-electron chi connectivity index (χ0n) is 22.9. The summed E-state index contributed by atoms with van der Waals surface area (Å²) in [5.74, 6) is -0.0301. The van der Waals surface area contributed by atoms with Crippen molar-refractivity contribution in [2.75, 3.05) is 6.61 Å². The summed E-state index contributed by atoms with van der Waals surface area (Å²) in [5.41, 5.74) is 2.46. The third-order valence-electron chi connectivity index (χ3n) is 7.43. The Morgan fingerprint density at radius 2 is 1.59 bits per heavy atom. The van der Waals surface area contributed by atoms with Crippen LogP contribution in [-0.4, -0.2) is 35.4 Å². The number of hydrogen-bond donors (Lipinski definition) is 1. The normalized spacial score (nSPS) is 14.6. The quantitative estimate of drug-likeness (QED) is 0.311. The molecule has 2 amide bonds. The molecule has 3 aromatic rings. The maximum atomic E-state index is 14.8. The summed E-state index contributed by atoms with van der Waals surface area (Å²) in [5, 5.41) is 3.20. The second-order valence-corrected chi connectivity index (χ2v) is 10.7. The number of amides is 2. The highest BCUT2D eigenvalue weighted by Gasteiger charge is 2.32. The van der Waals surface area contributed by atoms with E-state index in [-0.39, 0.29) is 31.0 Å². The van der Waals surface area contributed by atoms with Crippen molar-refractivity contribution >= 4 is 11.8 Å². The first-order valence-corrected chi connectivity index (χ1v) is 14.0. The lowest BCUT2D eigenvalue weighted by Crippen LogP contribution is -2.53. The smallest absolute Gasteiger partial charge is 0.261 e. The summed E-state index contributed by atoms with van der Waals surface area (Å²) in [4.78, 5) is 29.0. The van der Waals surface area contributed by atoms with Crippen LogP contribution in [0.5, 0.6) is 5.75 Å². The monoisotopic (exact) mass is 530 g/mol. The molecule has 0 spiro atoms. The molecule has 0 heterocycles. The minimum absolute atomic E-state index is 0.0310. The summed E-state index contributed by atoms with van der Waals surface area (Å²) in [6.45, 7) is 3.95. The van der Waals surface area contributed by atoms with Gasteiger partial charge in [-0.2, -0.15) is 0 Å². The highest BCUT2D eigenvalue weighted by molar-refractivity contribution is 5.88. The number of benzene rings is 3. The van der Waals surface area contributed by atoms with E-state index in [1.807, 2.05) is 54.6 Å². The molecule has 3 aromatic carbocycles. The Balaban J connectivity index is 1.59. The van der Waals surface area contributed by atoms with Gasteiger partial charge in [0.1, 0.15) is 17.6 Å². The van der Waals surface area contributed by atoms with Crippen molar-refractivity contribution in [3.8, 4) is 5.75 Å². The molecule has 0 aromatic heterocycles. The van der Waals surface area contributed by atoms with E-state index in [1.54, 1.807) is 18.2 Å². The summed E-state index contributed by atoms with van der Waals surface area (Å²) in [6.07, 6.45) is 5.52. The van der Waals surface area contributed by atoms with Gasteiger partial charge in [-0.3, -0.25) is 9.59 Å². The Hall–Kier alpha value is -3.67. The molecular weight excluding hydrogens is 491 g/mol. The van der Waals surface area contributed by atoms with Gasteiger partial charge < -0.3 is 15.0 Å². The minimum atomic E-state index is -0.812. The lowest BCUT2D eigenvalue weighted by Gasteiger charge is -2.33. The Bertz CT molecular complexity index is 1210. The SMILES string of the molecule is CC(C)c1ccc(OCC(=O)N(Cc2ccccc2F)[C@H](Cc2ccccc2)C(=O)NC2CCCCC2)cc1. The van der Waals surface area contributed by atoms with Crippen LogP contribution >= 0.6 is 0 Å². The fourth-order valence-electron chi connectivity index (χ4n) is 5.09. The Morgan fingerprint density at radius 3 is 2.26 bits per heavy atom. The molecule has 1 fully saturated rings. The van der Waals surface area contributed by atoms with Crippen molar-refractivity contribution in [2.24, 2.45) is 0 Å². The van der Waals surface area contributed by atoms with Crippen LogP contribution in [0.1, 0.15) is 68.6 Å². The average Bonchev–Trinajstić information content (AvgIpc) is 2.95. The van der Waals surface area contributed by atoms with E-state index in [0.29, 0.717) is 23.7 Å². The molecule has 4 rings (SSSR count). The lowest BCUT2D eigenvalue weighted by molar-refractivity contribution is -0.143. The average molecular weight is 531 g/mol. The van der Waals surface area contributed by atoms with Crippen LogP contribution in [0.15, 0.2) is 78.9 Å². The van der Waals surface area contributed by atoms with E-state index in [4.69, 9.17) is 4.74 Å². The Labute approximate surface area is 231 Å². The van der Waals surface area contributed by atoms with Crippen molar-refractivity contribution in [1.82, 2.24) is 10.2 Å². The van der Waals surface area contributed by atoms with Crippen LogP contribution in [0.3, 0.4) is 0 Å². The highest BCUT2D eigenvalue weighted by Crippen LogP contribution is 2.22. The van der Waals surface area contributed by atoms with Gasteiger partial charge in [-0.15, -0.1) is 0 Å². The minimum Gasteiger partial charge on any atom is -0.484 e. The molecule has 1 saturated carbocycles. The van der Waals surface area contributed by atoms with Gasteiger partial charge in [-0.25, -0.2) is 4.39 Å². The van der Waals surface area contributed by atoms with Crippen molar-refractivity contribution < 1.29 is 18.7 Å². The first-order chi connectivity index (χ1) is 18.9. The summed E-state index contributed by atoms with van der Waals surface area (Å²) < 4.78 is 20.6. The summed E-state index contributed by atoms with van der Waals surface area (Å²) in [6, 6.07) is 23.0. The standard InChI is InChI=1S/C33H39FN2O3/c1-24(2)26-17-19-29(20-18-26)39-23-32(37)36(22-27-13-9-10-16-30(27)34)31(21-25-11-5-3-6-12-25)33(38)35-28-14-7-4-8-15-28/h3,5-6,9-13,16-20,24,28,31H,4,7-8,14-15,21-23H2,1-2H3,(H,35,38)/t31-/m1/s1. The van der Waals surface area contributed by atoms with E-state index in [1.165, 1.54) is 23.0 Å². The van der Waals surface area contributed by atoms with E-state index in [2.05, 4.69) is 19.2 Å². The third-order valence-corrected chi connectivity index (χ3v) is 7.43. The maximum absolute atomic E-state index is 14.8. The highest BCUT2D eigenvalue weighted by atomic mass is 19.1. The van der Waals surface area contributed by atoms with Crippen molar-refractivity contribution in [3.05, 3.63) is 101 Å². The van der Waals surface area contributed by atoms with Crippen LogP contribution in [0, 0.1) is 5.82 Å². The van der Waals surface area contributed by atoms with Gasteiger partial charge >= 0.3 is 0 Å². The van der Waals surface area contributed by atoms with Crippen LogP contribution in [0.2, 0.25) is 0 Å². The van der Waals surface area contributed by atoms with Gasteiger partial charge in [0.05, 0.1) is 0 Å². The van der Waals surface area contributed by atoms with Gasteiger partial charge in [0.25, 0.3) is 5.91 Å². The molecule has 0 unspecified atom stereocenters. The molecule has 1 aliphatic rings. The van der Waals surface area contributed by atoms with E-state index in [0.717, 1.165) is 31.2 Å². The fraction of sp³-hybridized carbons (Fsp3) is 0.394. The third kappa shape index (κ3) is 8.16. The number of carbonyl (C=O) groups is 2. The van der Waals surface area contributed by atoms with Crippen LogP contribution in [0.25, 0.3) is 0 Å². The Morgan fingerprint density at radius 1 is 0.923 bits per heavy atom. The fourth-order valence-corrected chi connectivity index (χ4v) is 5.09. The molecule has 5 nitrogen and oxygen atoms in total. The number of rotatable bonds is 11. The molecule has 1 aliphatic carbocycles. The number of hydrogen-bond acceptors (Lipinski definition) is 3. The van der Waals surface area contributed by atoms with Gasteiger partial charge in [0.2, 0.25) is 5.91 Å². The van der Waals surface area contributed by atoms with Crippen LogP contribution < -0.4 is 10.1 Å². The first-order valence-electron chi connectivity index (χ1n) is 14.0. The van der Waals surface area contributed by atoms with E-state index < -0.39 is 11.9 Å². The predicted molar refractivity (Wildman–Crippen MR) is 152 cm³/mol. The van der Waals surface area contributed by atoms with Crippen LogP contribution in [0.4, 0.5) is 4.39 Å². The number of ether oxygens (including phenoxy) is 1. The second-order valence-electron chi connectivity index (χ2n) is 10.7. The van der Waals surface area contributed by atoms with Crippen molar-refractivity contribution in [1.29, 1.82) is 0 Å². The van der Waals surface area contributed by atoms with Gasteiger partial charge in [-0.05, 0) is 48.1 Å². The predicted octanol–water partition coefficient (Wildman–Crippen LogP) is 6.42. The topological polar surface area (TPSA) is 58.6 Å². The number of nitrogens with zero attached hydrogens (tertiary/aromatic N) is 1. The zero-order valence-corrected chi connectivity index (χ0v) is 22.9. The zero-order chi connectivity index (χ0) is 27.6. The molecule has 39 heavy (non-hydrogen) atoms. The molecule has 6 heteroatoms. The molecule has 0 saturated heterocycles. The molecule has 0 radical (unpaired) electrons. The number of carbonyl (C=O) groups excluding carboxylic acids is 2. The van der Waals surface area contributed by atoms with E-state index >= 15 is 0 Å². The van der Waals surface area contributed by atoms with Crippen molar-refractivity contribution in [3.63, 3.8) is 0 Å². The summed E-state index contributed by atoms with van der Waals surface area (Å²) in [7, 11) is 0. The maximum Gasteiger partial charge on any atom is 0.261 e. The van der Waals surface area contributed by atoms with E-state index in [9.17, 15) is 14.0 Å². The number of halogens is 1. The number of nitrogens with one attached hydrogen (secondary N) is 1. The van der Waals surface area contributed by atoms with Crippen LogP contribution in [-0.2, 0) is 22.6 Å². The van der Waals surface area contributed by atoms with Gasteiger partial charge in [0, 0.05) is 24.6 Å². The molecule has 206 valence electrons. The first kappa shape index (κ1) is 28.3.